The summed E-state index contributed by atoms with van der Waals surface area (Å²) in [4.78, 5) is 2.47. The molecule has 112 valence electrons. The van der Waals surface area contributed by atoms with Gasteiger partial charge in [0, 0.05) is 24.7 Å². The first-order valence-electron chi connectivity index (χ1n) is 7.56. The van der Waals surface area contributed by atoms with Gasteiger partial charge in [0.05, 0.1) is 13.2 Å². The summed E-state index contributed by atoms with van der Waals surface area (Å²) in [6, 6.07) is 6.60. The molecule has 1 aromatic carbocycles. The van der Waals surface area contributed by atoms with Crippen LogP contribution in [-0.4, -0.2) is 42.8 Å². The highest BCUT2D eigenvalue weighted by atomic mass is 16.5. The van der Waals surface area contributed by atoms with Gasteiger partial charge in [-0.05, 0) is 50.8 Å². The molecule has 1 aliphatic rings. The SMILES string of the molecule is Cc1cccc(C)c1CC(N)C(C)(C)N1CCOCC1. The zero-order valence-electron chi connectivity index (χ0n) is 13.3. The van der Waals surface area contributed by atoms with Crippen LogP contribution in [0.1, 0.15) is 30.5 Å². The van der Waals surface area contributed by atoms with Crippen LogP contribution in [0.4, 0.5) is 0 Å². The molecule has 2 N–H and O–H groups in total. The molecule has 0 aromatic heterocycles. The molecule has 3 heteroatoms. The molecule has 2 rings (SSSR count). The van der Waals surface area contributed by atoms with E-state index in [0.29, 0.717) is 0 Å². The van der Waals surface area contributed by atoms with Crippen molar-refractivity contribution in [2.75, 3.05) is 26.3 Å². The predicted molar refractivity (Wildman–Crippen MR) is 84.1 cm³/mol. The van der Waals surface area contributed by atoms with E-state index in [9.17, 15) is 0 Å². The highest BCUT2D eigenvalue weighted by molar-refractivity contribution is 5.34. The Labute approximate surface area is 123 Å². The Morgan fingerprint density at radius 2 is 1.75 bits per heavy atom. The van der Waals surface area contributed by atoms with E-state index in [1.807, 2.05) is 0 Å². The maximum Gasteiger partial charge on any atom is 0.0594 e. The molecule has 1 aromatic rings. The Bertz CT molecular complexity index is 430. The van der Waals surface area contributed by atoms with Gasteiger partial charge in [0.25, 0.3) is 0 Å². The quantitative estimate of drug-likeness (QED) is 0.917. The Balaban J connectivity index is 2.12. The largest absolute Gasteiger partial charge is 0.379 e. The maximum absolute atomic E-state index is 6.57. The molecule has 1 fully saturated rings. The molecule has 1 heterocycles. The number of morpholine rings is 1. The second-order valence-electron chi connectivity index (χ2n) is 6.43. The number of nitrogens with two attached hydrogens (primary N) is 1. The molecular weight excluding hydrogens is 248 g/mol. The fourth-order valence-electron chi connectivity index (χ4n) is 3.01. The molecule has 0 radical (unpaired) electrons. The van der Waals surface area contributed by atoms with Gasteiger partial charge in [0.2, 0.25) is 0 Å². The zero-order chi connectivity index (χ0) is 14.8. The lowest BCUT2D eigenvalue weighted by molar-refractivity contribution is -0.0186. The second kappa shape index (κ2) is 6.25. The van der Waals surface area contributed by atoms with Crippen molar-refractivity contribution < 1.29 is 4.74 Å². The van der Waals surface area contributed by atoms with Gasteiger partial charge in [-0.15, -0.1) is 0 Å². The Morgan fingerprint density at radius 1 is 1.20 bits per heavy atom. The zero-order valence-corrected chi connectivity index (χ0v) is 13.3. The van der Waals surface area contributed by atoms with Crippen molar-refractivity contribution >= 4 is 0 Å². The van der Waals surface area contributed by atoms with Crippen molar-refractivity contribution in [3.05, 3.63) is 34.9 Å². The van der Waals surface area contributed by atoms with E-state index in [1.165, 1.54) is 16.7 Å². The monoisotopic (exact) mass is 276 g/mol. The van der Waals surface area contributed by atoms with E-state index in [0.717, 1.165) is 32.7 Å². The Hall–Kier alpha value is -0.900. The smallest absolute Gasteiger partial charge is 0.0594 e. The third-order valence-electron chi connectivity index (χ3n) is 4.80. The van der Waals surface area contributed by atoms with Crippen LogP contribution in [0.5, 0.6) is 0 Å². The number of benzene rings is 1. The van der Waals surface area contributed by atoms with E-state index >= 15 is 0 Å². The second-order valence-corrected chi connectivity index (χ2v) is 6.43. The van der Waals surface area contributed by atoms with Crippen LogP contribution in [0.15, 0.2) is 18.2 Å². The minimum atomic E-state index is -0.00149. The lowest BCUT2D eigenvalue weighted by atomic mass is 9.85. The van der Waals surface area contributed by atoms with Gasteiger partial charge in [-0.25, -0.2) is 0 Å². The summed E-state index contributed by atoms with van der Waals surface area (Å²) < 4.78 is 5.45. The van der Waals surface area contributed by atoms with Crippen LogP contribution in [-0.2, 0) is 11.2 Å². The minimum absolute atomic E-state index is 0.00149. The highest BCUT2D eigenvalue weighted by Crippen LogP contribution is 2.24. The molecular formula is C17H28N2O. The summed E-state index contributed by atoms with van der Waals surface area (Å²) in [5, 5.41) is 0. The van der Waals surface area contributed by atoms with E-state index in [2.05, 4.69) is 50.8 Å². The molecule has 3 nitrogen and oxygen atoms in total. The van der Waals surface area contributed by atoms with Crippen molar-refractivity contribution in [3.8, 4) is 0 Å². The third-order valence-corrected chi connectivity index (χ3v) is 4.80. The number of hydrogen-bond donors (Lipinski definition) is 1. The average Bonchev–Trinajstić information content (AvgIpc) is 2.43. The van der Waals surface area contributed by atoms with E-state index in [1.54, 1.807) is 0 Å². The summed E-state index contributed by atoms with van der Waals surface area (Å²) >= 11 is 0. The molecule has 0 bridgehead atoms. The summed E-state index contributed by atoms with van der Waals surface area (Å²) in [7, 11) is 0. The van der Waals surface area contributed by atoms with Crippen molar-refractivity contribution in [2.45, 2.75) is 45.7 Å². The lowest BCUT2D eigenvalue weighted by Crippen LogP contribution is -2.59. The molecule has 0 amide bonds. The van der Waals surface area contributed by atoms with Gasteiger partial charge in [0.1, 0.15) is 0 Å². The van der Waals surface area contributed by atoms with Crippen molar-refractivity contribution in [1.82, 2.24) is 4.90 Å². The number of nitrogens with zero attached hydrogens (tertiary/aromatic N) is 1. The van der Waals surface area contributed by atoms with E-state index in [-0.39, 0.29) is 11.6 Å². The van der Waals surface area contributed by atoms with Gasteiger partial charge in [0.15, 0.2) is 0 Å². The normalized spacial score (nSPS) is 19.1. The van der Waals surface area contributed by atoms with Crippen molar-refractivity contribution in [3.63, 3.8) is 0 Å². The Morgan fingerprint density at radius 3 is 2.30 bits per heavy atom. The first-order valence-corrected chi connectivity index (χ1v) is 7.56. The fourth-order valence-corrected chi connectivity index (χ4v) is 3.01. The van der Waals surface area contributed by atoms with Crippen LogP contribution in [0.3, 0.4) is 0 Å². The van der Waals surface area contributed by atoms with Crippen LogP contribution < -0.4 is 5.73 Å². The third kappa shape index (κ3) is 3.22. The molecule has 1 atom stereocenters. The van der Waals surface area contributed by atoms with Gasteiger partial charge in [-0.2, -0.15) is 0 Å². The van der Waals surface area contributed by atoms with Gasteiger partial charge >= 0.3 is 0 Å². The number of hydrogen-bond acceptors (Lipinski definition) is 3. The van der Waals surface area contributed by atoms with Crippen molar-refractivity contribution in [1.29, 1.82) is 0 Å². The lowest BCUT2D eigenvalue weighted by Gasteiger charge is -2.44. The topological polar surface area (TPSA) is 38.5 Å². The first-order chi connectivity index (χ1) is 9.43. The highest BCUT2D eigenvalue weighted by Gasteiger charge is 2.34. The average molecular weight is 276 g/mol. The standard InChI is InChI=1S/C17H28N2O/c1-13-6-5-7-14(2)15(13)12-16(18)17(3,4)19-8-10-20-11-9-19/h5-7,16H,8-12,18H2,1-4H3. The molecule has 0 aliphatic carbocycles. The van der Waals surface area contributed by atoms with E-state index in [4.69, 9.17) is 10.5 Å². The van der Waals surface area contributed by atoms with Crippen molar-refractivity contribution in [2.24, 2.45) is 5.73 Å². The summed E-state index contributed by atoms with van der Waals surface area (Å²) in [5.41, 5.74) is 10.7. The number of rotatable bonds is 4. The molecule has 1 unspecified atom stereocenters. The van der Waals surface area contributed by atoms with Gasteiger partial charge < -0.3 is 10.5 Å². The molecule has 20 heavy (non-hydrogen) atoms. The first kappa shape index (κ1) is 15.5. The van der Waals surface area contributed by atoms with Gasteiger partial charge in [-0.1, -0.05) is 18.2 Å². The maximum atomic E-state index is 6.57. The van der Waals surface area contributed by atoms with Crippen LogP contribution >= 0.6 is 0 Å². The summed E-state index contributed by atoms with van der Waals surface area (Å²) in [5.74, 6) is 0. The number of ether oxygens (including phenoxy) is 1. The van der Waals surface area contributed by atoms with Crippen LogP contribution in [0, 0.1) is 13.8 Å². The number of aryl methyl sites for hydroxylation is 2. The van der Waals surface area contributed by atoms with Gasteiger partial charge in [-0.3, -0.25) is 4.90 Å². The summed E-state index contributed by atoms with van der Waals surface area (Å²) in [6.07, 6.45) is 0.933. The molecule has 0 saturated carbocycles. The van der Waals surface area contributed by atoms with Crippen LogP contribution in [0.25, 0.3) is 0 Å². The minimum Gasteiger partial charge on any atom is -0.379 e. The molecule has 0 spiro atoms. The van der Waals surface area contributed by atoms with E-state index < -0.39 is 0 Å². The fraction of sp³-hybridized carbons (Fsp3) is 0.647. The van der Waals surface area contributed by atoms with Crippen LogP contribution in [0.2, 0.25) is 0 Å². The predicted octanol–water partition coefficient (Wildman–Crippen LogP) is 2.28. The Kier molecular flexibility index (Phi) is 4.84. The molecule has 1 saturated heterocycles. The molecule has 1 aliphatic heterocycles. The summed E-state index contributed by atoms with van der Waals surface area (Å²) in [6.45, 7) is 12.5.